The van der Waals surface area contributed by atoms with Crippen molar-refractivity contribution in [3.63, 3.8) is 0 Å². The van der Waals surface area contributed by atoms with Gasteiger partial charge in [0.25, 0.3) is 0 Å². The number of nitrogens with zero attached hydrogens (tertiary/aromatic N) is 3. The number of nitrogens with one attached hydrogen (secondary N) is 1. The van der Waals surface area contributed by atoms with Crippen LogP contribution in [0.15, 0.2) is 36.8 Å². The highest BCUT2D eigenvalue weighted by Crippen LogP contribution is 2.19. The lowest BCUT2D eigenvalue weighted by molar-refractivity contribution is 0.969. The molecule has 0 spiro atoms. The largest absolute Gasteiger partial charge is 0.335 e. The van der Waals surface area contributed by atoms with Crippen LogP contribution in [-0.2, 0) is 6.42 Å². The summed E-state index contributed by atoms with van der Waals surface area (Å²) in [5.74, 6) is 0.810. The molecule has 0 amide bonds. The first-order valence-corrected chi connectivity index (χ1v) is 5.82. The molecule has 2 aromatic heterocycles. The van der Waals surface area contributed by atoms with E-state index in [1.54, 1.807) is 6.20 Å². The van der Waals surface area contributed by atoms with Gasteiger partial charge < -0.3 is 10.7 Å². The molecule has 0 aliphatic rings. The number of H-pyrrole nitrogens is 1. The lowest BCUT2D eigenvalue weighted by atomic mass is 10.1. The second kappa shape index (κ2) is 4.54. The van der Waals surface area contributed by atoms with Crippen molar-refractivity contribution in [2.75, 3.05) is 6.54 Å². The van der Waals surface area contributed by atoms with Crippen LogP contribution in [0.5, 0.6) is 0 Å². The highest BCUT2D eigenvalue weighted by Gasteiger charge is 2.05. The topological polar surface area (TPSA) is 80.5 Å². The van der Waals surface area contributed by atoms with Crippen LogP contribution in [0.25, 0.3) is 22.6 Å². The molecule has 0 bridgehead atoms. The smallest absolute Gasteiger partial charge is 0.181 e. The SMILES string of the molecule is NCCc1ccc(-c2nc3ncncc3[nH]2)cc1. The van der Waals surface area contributed by atoms with Crippen molar-refractivity contribution in [1.82, 2.24) is 19.9 Å². The summed E-state index contributed by atoms with van der Waals surface area (Å²) in [6, 6.07) is 8.22. The van der Waals surface area contributed by atoms with Crippen molar-refractivity contribution in [2.24, 2.45) is 5.73 Å². The highest BCUT2D eigenvalue weighted by atomic mass is 15.0. The summed E-state index contributed by atoms with van der Waals surface area (Å²) in [5.41, 5.74) is 9.33. The molecule has 90 valence electrons. The van der Waals surface area contributed by atoms with Gasteiger partial charge in [-0.1, -0.05) is 24.3 Å². The van der Waals surface area contributed by atoms with Gasteiger partial charge in [-0.3, -0.25) is 0 Å². The average molecular weight is 239 g/mol. The molecular formula is C13H13N5. The molecule has 0 aliphatic carbocycles. The minimum Gasteiger partial charge on any atom is -0.335 e. The molecule has 0 saturated heterocycles. The van der Waals surface area contributed by atoms with E-state index in [0.717, 1.165) is 23.3 Å². The third-order valence-electron chi connectivity index (χ3n) is 2.82. The summed E-state index contributed by atoms with van der Waals surface area (Å²) < 4.78 is 0. The zero-order chi connectivity index (χ0) is 12.4. The number of fused-ring (bicyclic) bond motifs is 1. The van der Waals surface area contributed by atoms with Crippen LogP contribution in [0.4, 0.5) is 0 Å². The molecule has 18 heavy (non-hydrogen) atoms. The Bertz CT molecular complexity index is 623. The molecule has 0 aliphatic heterocycles. The normalized spacial score (nSPS) is 10.9. The molecular weight excluding hydrogens is 226 g/mol. The van der Waals surface area contributed by atoms with Crippen LogP contribution in [0.2, 0.25) is 0 Å². The van der Waals surface area contributed by atoms with Crippen LogP contribution in [0.1, 0.15) is 5.56 Å². The Morgan fingerprint density at radius 2 is 2.00 bits per heavy atom. The van der Waals surface area contributed by atoms with Gasteiger partial charge in [-0.05, 0) is 18.5 Å². The fourth-order valence-corrected chi connectivity index (χ4v) is 1.89. The van der Waals surface area contributed by atoms with Crippen molar-refractivity contribution >= 4 is 11.2 Å². The van der Waals surface area contributed by atoms with E-state index in [4.69, 9.17) is 5.73 Å². The van der Waals surface area contributed by atoms with E-state index in [-0.39, 0.29) is 0 Å². The zero-order valence-corrected chi connectivity index (χ0v) is 9.80. The van der Waals surface area contributed by atoms with Gasteiger partial charge in [0.2, 0.25) is 0 Å². The van der Waals surface area contributed by atoms with E-state index < -0.39 is 0 Å². The number of rotatable bonds is 3. The number of nitrogens with two attached hydrogens (primary N) is 1. The predicted molar refractivity (Wildman–Crippen MR) is 69.9 cm³/mol. The third-order valence-corrected chi connectivity index (χ3v) is 2.82. The molecule has 0 fully saturated rings. The molecule has 0 saturated carbocycles. The van der Waals surface area contributed by atoms with Crippen molar-refractivity contribution in [1.29, 1.82) is 0 Å². The second-order valence-corrected chi connectivity index (χ2v) is 4.08. The Morgan fingerprint density at radius 1 is 1.17 bits per heavy atom. The van der Waals surface area contributed by atoms with Gasteiger partial charge in [-0.15, -0.1) is 0 Å². The number of benzene rings is 1. The monoisotopic (exact) mass is 239 g/mol. The van der Waals surface area contributed by atoms with Crippen LogP contribution >= 0.6 is 0 Å². The number of aromatic amines is 1. The van der Waals surface area contributed by atoms with Crippen molar-refractivity contribution in [3.05, 3.63) is 42.4 Å². The van der Waals surface area contributed by atoms with Crippen LogP contribution in [0, 0.1) is 0 Å². The van der Waals surface area contributed by atoms with E-state index in [0.29, 0.717) is 12.2 Å². The molecule has 0 atom stereocenters. The molecule has 5 heteroatoms. The van der Waals surface area contributed by atoms with Crippen LogP contribution < -0.4 is 5.73 Å². The quantitative estimate of drug-likeness (QED) is 0.726. The van der Waals surface area contributed by atoms with Crippen LogP contribution in [0.3, 0.4) is 0 Å². The summed E-state index contributed by atoms with van der Waals surface area (Å²) in [5, 5.41) is 0. The maximum Gasteiger partial charge on any atom is 0.181 e. The molecule has 2 heterocycles. The minimum absolute atomic E-state index is 0.666. The Morgan fingerprint density at radius 3 is 2.72 bits per heavy atom. The molecule has 5 nitrogen and oxygen atoms in total. The maximum atomic E-state index is 5.53. The molecule has 1 aromatic carbocycles. The van der Waals surface area contributed by atoms with E-state index in [1.165, 1.54) is 11.9 Å². The Kier molecular flexibility index (Phi) is 2.74. The first kappa shape index (κ1) is 10.9. The number of imidazole rings is 1. The van der Waals surface area contributed by atoms with Crippen molar-refractivity contribution < 1.29 is 0 Å². The van der Waals surface area contributed by atoms with Crippen LogP contribution in [-0.4, -0.2) is 26.5 Å². The molecule has 3 rings (SSSR count). The number of hydrogen-bond acceptors (Lipinski definition) is 4. The molecule has 3 aromatic rings. The third kappa shape index (κ3) is 1.96. The lowest BCUT2D eigenvalue weighted by Gasteiger charge is -2.00. The van der Waals surface area contributed by atoms with E-state index in [1.807, 2.05) is 12.1 Å². The fourth-order valence-electron chi connectivity index (χ4n) is 1.89. The van der Waals surface area contributed by atoms with Crippen molar-refractivity contribution in [2.45, 2.75) is 6.42 Å². The predicted octanol–water partition coefficient (Wildman–Crippen LogP) is 1.52. The Hall–Kier alpha value is -2.27. The molecule has 0 radical (unpaired) electrons. The second-order valence-electron chi connectivity index (χ2n) is 4.08. The van der Waals surface area contributed by atoms with E-state index in [2.05, 4.69) is 32.1 Å². The standard InChI is InChI=1S/C13H13N5/c14-6-5-9-1-3-10(4-2-9)12-17-11-7-15-8-16-13(11)18-12/h1-4,7-8H,5-6,14H2,(H,15,16,17,18). The van der Waals surface area contributed by atoms with Gasteiger partial charge >= 0.3 is 0 Å². The number of aromatic nitrogens is 4. The van der Waals surface area contributed by atoms with Gasteiger partial charge in [0.1, 0.15) is 17.7 Å². The summed E-state index contributed by atoms with van der Waals surface area (Å²) in [7, 11) is 0. The summed E-state index contributed by atoms with van der Waals surface area (Å²) in [4.78, 5) is 15.7. The van der Waals surface area contributed by atoms with Gasteiger partial charge in [0.05, 0.1) is 6.20 Å². The van der Waals surface area contributed by atoms with Gasteiger partial charge in [0.15, 0.2) is 5.65 Å². The maximum absolute atomic E-state index is 5.53. The Balaban J connectivity index is 1.98. The average Bonchev–Trinajstić information content (AvgIpc) is 2.84. The van der Waals surface area contributed by atoms with Gasteiger partial charge in [-0.2, -0.15) is 0 Å². The van der Waals surface area contributed by atoms with E-state index >= 15 is 0 Å². The van der Waals surface area contributed by atoms with E-state index in [9.17, 15) is 0 Å². The fraction of sp³-hybridized carbons (Fsp3) is 0.154. The summed E-state index contributed by atoms with van der Waals surface area (Å²) in [6.45, 7) is 0.666. The lowest BCUT2D eigenvalue weighted by Crippen LogP contribution is -2.02. The molecule has 3 N–H and O–H groups in total. The summed E-state index contributed by atoms with van der Waals surface area (Å²) in [6.07, 6.45) is 4.12. The Labute approximate surface area is 104 Å². The minimum atomic E-state index is 0.666. The molecule has 0 unspecified atom stereocenters. The number of hydrogen-bond donors (Lipinski definition) is 2. The highest BCUT2D eigenvalue weighted by molar-refractivity contribution is 5.74. The zero-order valence-electron chi connectivity index (χ0n) is 9.80. The van der Waals surface area contributed by atoms with Crippen molar-refractivity contribution in [3.8, 4) is 11.4 Å². The van der Waals surface area contributed by atoms with Gasteiger partial charge in [0, 0.05) is 5.56 Å². The summed E-state index contributed by atoms with van der Waals surface area (Å²) >= 11 is 0. The first-order chi connectivity index (χ1) is 8.86. The van der Waals surface area contributed by atoms with Gasteiger partial charge in [-0.25, -0.2) is 15.0 Å². The first-order valence-electron chi connectivity index (χ1n) is 5.82.